The van der Waals surface area contributed by atoms with Crippen LogP contribution < -0.4 is 5.73 Å². The van der Waals surface area contributed by atoms with Crippen molar-refractivity contribution in [2.45, 2.75) is 51.4 Å². The minimum Gasteiger partial charge on any atom is -0.369 e. The summed E-state index contributed by atoms with van der Waals surface area (Å²) in [6, 6.07) is 8.30. The van der Waals surface area contributed by atoms with Crippen molar-refractivity contribution in [1.82, 2.24) is 0 Å². The Balaban J connectivity index is 2.23. The van der Waals surface area contributed by atoms with Crippen molar-refractivity contribution in [3.05, 3.63) is 34.3 Å². The van der Waals surface area contributed by atoms with E-state index in [0.717, 1.165) is 10.9 Å². The Hall–Kier alpha value is -0.380. The Bertz CT molecular complexity index is 425. The van der Waals surface area contributed by atoms with Crippen LogP contribution >= 0.6 is 15.9 Å². The molecule has 2 rings (SSSR count). The number of halogens is 1. The van der Waals surface area contributed by atoms with E-state index in [0.29, 0.717) is 5.92 Å². The molecular formula is C15H22BrNO. The molecule has 1 saturated heterocycles. The Labute approximate surface area is 118 Å². The van der Waals surface area contributed by atoms with Gasteiger partial charge in [-0.1, -0.05) is 28.1 Å². The predicted molar refractivity (Wildman–Crippen MR) is 78.4 cm³/mol. The summed E-state index contributed by atoms with van der Waals surface area (Å²) >= 11 is 3.45. The van der Waals surface area contributed by atoms with Crippen LogP contribution in [-0.2, 0) is 4.74 Å². The van der Waals surface area contributed by atoms with Crippen LogP contribution in [0.1, 0.15) is 45.7 Å². The Morgan fingerprint density at radius 2 is 1.78 bits per heavy atom. The molecule has 3 heteroatoms. The number of rotatable bonds is 2. The van der Waals surface area contributed by atoms with Crippen LogP contribution in [0.25, 0.3) is 0 Å². The smallest absolute Gasteiger partial charge is 0.0680 e. The first kappa shape index (κ1) is 14.0. The summed E-state index contributed by atoms with van der Waals surface area (Å²) in [5.74, 6) is 0.341. The molecule has 0 amide bonds. The molecule has 1 aliphatic rings. The van der Waals surface area contributed by atoms with Crippen molar-refractivity contribution < 1.29 is 4.74 Å². The second-order valence-corrected chi connectivity index (χ2v) is 7.27. The monoisotopic (exact) mass is 311 g/mol. The summed E-state index contributed by atoms with van der Waals surface area (Å²) in [5, 5.41) is 0. The first-order chi connectivity index (χ1) is 8.21. The fourth-order valence-electron chi connectivity index (χ4n) is 3.08. The molecule has 1 aromatic carbocycles. The Morgan fingerprint density at radius 3 is 2.22 bits per heavy atom. The first-order valence-corrected chi connectivity index (χ1v) is 7.22. The zero-order chi connectivity index (χ0) is 13.6. The van der Waals surface area contributed by atoms with E-state index in [1.165, 1.54) is 5.56 Å². The van der Waals surface area contributed by atoms with Gasteiger partial charge in [-0.25, -0.2) is 0 Å². The molecule has 100 valence electrons. The van der Waals surface area contributed by atoms with Gasteiger partial charge in [-0.3, -0.25) is 0 Å². The fourth-order valence-corrected chi connectivity index (χ4v) is 3.35. The van der Waals surface area contributed by atoms with Gasteiger partial charge in [-0.2, -0.15) is 0 Å². The topological polar surface area (TPSA) is 35.2 Å². The molecule has 2 nitrogen and oxygen atoms in total. The molecule has 2 N–H and O–H groups in total. The number of hydrogen-bond acceptors (Lipinski definition) is 2. The lowest BCUT2D eigenvalue weighted by atomic mass is 9.79. The van der Waals surface area contributed by atoms with Crippen LogP contribution in [0.4, 0.5) is 0 Å². The van der Waals surface area contributed by atoms with Gasteiger partial charge < -0.3 is 10.5 Å². The average Bonchev–Trinajstić information content (AvgIpc) is 2.47. The van der Waals surface area contributed by atoms with Gasteiger partial charge in [-0.05, 0) is 51.8 Å². The first-order valence-electron chi connectivity index (χ1n) is 6.42. The SMILES string of the molecule is CC1(C)CC(C(N)c2ccc(Br)cc2)C(C)(C)O1. The van der Waals surface area contributed by atoms with Crippen LogP contribution in [0.3, 0.4) is 0 Å². The van der Waals surface area contributed by atoms with E-state index in [-0.39, 0.29) is 17.2 Å². The van der Waals surface area contributed by atoms with Gasteiger partial charge in [0.1, 0.15) is 0 Å². The average molecular weight is 312 g/mol. The largest absolute Gasteiger partial charge is 0.369 e. The summed E-state index contributed by atoms with van der Waals surface area (Å²) in [4.78, 5) is 0. The van der Waals surface area contributed by atoms with Crippen LogP contribution in [0.5, 0.6) is 0 Å². The molecule has 0 saturated carbocycles. The van der Waals surface area contributed by atoms with Crippen LogP contribution in [0, 0.1) is 5.92 Å². The fraction of sp³-hybridized carbons (Fsp3) is 0.600. The van der Waals surface area contributed by atoms with Crippen LogP contribution in [0.2, 0.25) is 0 Å². The molecule has 0 radical (unpaired) electrons. The van der Waals surface area contributed by atoms with E-state index in [9.17, 15) is 0 Å². The van der Waals surface area contributed by atoms with Crippen molar-refractivity contribution in [2.24, 2.45) is 11.7 Å². The number of ether oxygens (including phenoxy) is 1. The lowest BCUT2D eigenvalue weighted by Gasteiger charge is -2.31. The molecule has 0 aromatic heterocycles. The van der Waals surface area contributed by atoms with Crippen molar-refractivity contribution in [3.63, 3.8) is 0 Å². The maximum atomic E-state index is 6.45. The highest BCUT2D eigenvalue weighted by atomic mass is 79.9. The van der Waals surface area contributed by atoms with Gasteiger partial charge in [0, 0.05) is 16.4 Å². The van der Waals surface area contributed by atoms with Gasteiger partial charge in [0.15, 0.2) is 0 Å². The predicted octanol–water partition coefficient (Wildman–Crippen LogP) is 4.04. The van der Waals surface area contributed by atoms with E-state index < -0.39 is 0 Å². The Kier molecular flexibility index (Phi) is 3.60. The summed E-state index contributed by atoms with van der Waals surface area (Å²) in [6.45, 7) is 8.57. The molecule has 2 atom stereocenters. The van der Waals surface area contributed by atoms with E-state index >= 15 is 0 Å². The highest BCUT2D eigenvalue weighted by molar-refractivity contribution is 9.10. The van der Waals surface area contributed by atoms with Crippen molar-refractivity contribution in [2.75, 3.05) is 0 Å². The lowest BCUT2D eigenvalue weighted by Crippen LogP contribution is -2.35. The standard InChI is InChI=1S/C15H22BrNO/c1-14(2)9-12(15(3,4)18-14)13(17)10-5-7-11(16)8-6-10/h5-8,12-13H,9,17H2,1-4H3. The summed E-state index contributed by atoms with van der Waals surface area (Å²) in [7, 11) is 0. The second kappa shape index (κ2) is 4.62. The van der Waals surface area contributed by atoms with Crippen LogP contribution in [0.15, 0.2) is 28.7 Å². The molecule has 1 aromatic rings. The molecule has 1 aliphatic heterocycles. The Morgan fingerprint density at radius 1 is 1.22 bits per heavy atom. The quantitative estimate of drug-likeness (QED) is 0.894. The highest BCUT2D eigenvalue weighted by Crippen LogP contribution is 2.46. The molecule has 1 heterocycles. The zero-order valence-electron chi connectivity index (χ0n) is 11.5. The van der Waals surface area contributed by atoms with E-state index in [4.69, 9.17) is 10.5 Å². The minimum absolute atomic E-state index is 0.0230. The molecular weight excluding hydrogens is 290 g/mol. The summed E-state index contributed by atoms with van der Waals surface area (Å²) in [5.41, 5.74) is 7.38. The zero-order valence-corrected chi connectivity index (χ0v) is 13.1. The molecule has 18 heavy (non-hydrogen) atoms. The van der Waals surface area contributed by atoms with E-state index in [1.54, 1.807) is 0 Å². The van der Waals surface area contributed by atoms with E-state index in [1.807, 2.05) is 12.1 Å². The maximum Gasteiger partial charge on any atom is 0.0680 e. The van der Waals surface area contributed by atoms with Crippen molar-refractivity contribution in [3.8, 4) is 0 Å². The minimum atomic E-state index is -0.171. The molecule has 1 fully saturated rings. The third kappa shape index (κ3) is 2.79. The number of benzene rings is 1. The van der Waals surface area contributed by atoms with Gasteiger partial charge in [-0.15, -0.1) is 0 Å². The molecule has 0 bridgehead atoms. The normalized spacial score (nSPS) is 27.1. The van der Waals surface area contributed by atoms with Crippen molar-refractivity contribution in [1.29, 1.82) is 0 Å². The van der Waals surface area contributed by atoms with Gasteiger partial charge in [0.25, 0.3) is 0 Å². The van der Waals surface area contributed by atoms with Gasteiger partial charge in [0.05, 0.1) is 11.2 Å². The molecule has 0 aliphatic carbocycles. The number of nitrogens with two attached hydrogens (primary N) is 1. The second-order valence-electron chi connectivity index (χ2n) is 6.35. The van der Waals surface area contributed by atoms with Gasteiger partial charge >= 0.3 is 0 Å². The highest BCUT2D eigenvalue weighted by Gasteiger charge is 2.48. The van der Waals surface area contributed by atoms with Crippen molar-refractivity contribution >= 4 is 15.9 Å². The molecule has 2 unspecified atom stereocenters. The third-order valence-corrected chi connectivity index (χ3v) is 4.36. The van der Waals surface area contributed by atoms with Crippen LogP contribution in [-0.4, -0.2) is 11.2 Å². The number of hydrogen-bond donors (Lipinski definition) is 1. The molecule has 0 spiro atoms. The lowest BCUT2D eigenvalue weighted by molar-refractivity contribution is -0.0767. The summed E-state index contributed by atoms with van der Waals surface area (Å²) < 4.78 is 7.21. The summed E-state index contributed by atoms with van der Waals surface area (Å²) in [6.07, 6.45) is 0.997. The van der Waals surface area contributed by atoms with Gasteiger partial charge in [0.2, 0.25) is 0 Å². The third-order valence-electron chi connectivity index (χ3n) is 3.83. The maximum absolute atomic E-state index is 6.45. The van der Waals surface area contributed by atoms with E-state index in [2.05, 4.69) is 55.8 Å².